The highest BCUT2D eigenvalue weighted by molar-refractivity contribution is 5.32. The molecule has 4 heteroatoms. The molecule has 0 aliphatic heterocycles. The zero-order valence-electron chi connectivity index (χ0n) is 10.3. The molecular formula is C13H16N2O2. The number of ether oxygens (including phenoxy) is 1. The van der Waals surface area contributed by atoms with Gasteiger partial charge in [0.15, 0.2) is 0 Å². The molecule has 1 N–H and O–H groups in total. The topological polar surface area (TPSA) is 47.3 Å². The van der Waals surface area contributed by atoms with Crippen LogP contribution in [0, 0.1) is 6.92 Å². The van der Waals surface area contributed by atoms with Crippen molar-refractivity contribution in [2.24, 2.45) is 0 Å². The molecule has 1 heterocycles. The lowest BCUT2D eigenvalue weighted by atomic mass is 10.1. The van der Waals surface area contributed by atoms with Gasteiger partial charge >= 0.3 is 0 Å². The minimum atomic E-state index is 0.561. The quantitative estimate of drug-likeness (QED) is 0.880. The second-order valence-electron chi connectivity index (χ2n) is 3.80. The highest BCUT2D eigenvalue weighted by atomic mass is 16.5. The molecule has 0 radical (unpaired) electrons. The summed E-state index contributed by atoms with van der Waals surface area (Å²) in [6.07, 6.45) is 0.765. The zero-order chi connectivity index (χ0) is 12.3. The number of nitrogens with one attached hydrogen (secondary N) is 1. The maximum Gasteiger partial charge on any atom is 0.294 e. The van der Waals surface area contributed by atoms with Gasteiger partial charge in [-0.3, -0.25) is 0 Å². The number of anilines is 1. The van der Waals surface area contributed by atoms with E-state index in [-0.39, 0.29) is 0 Å². The first-order chi connectivity index (χ1) is 8.22. The Kier molecular flexibility index (Phi) is 3.32. The van der Waals surface area contributed by atoms with Crippen LogP contribution in [0.25, 0.3) is 0 Å². The molecule has 0 unspecified atom stereocenters. The van der Waals surface area contributed by atoms with E-state index in [9.17, 15) is 0 Å². The number of aromatic nitrogens is 1. The monoisotopic (exact) mass is 232 g/mol. The summed E-state index contributed by atoms with van der Waals surface area (Å²) in [7, 11) is 3.46. The smallest absolute Gasteiger partial charge is 0.294 e. The highest BCUT2D eigenvalue weighted by Crippen LogP contribution is 2.19. The van der Waals surface area contributed by atoms with Gasteiger partial charge in [-0.05, 0) is 24.6 Å². The van der Waals surface area contributed by atoms with E-state index >= 15 is 0 Å². The number of benzene rings is 1. The van der Waals surface area contributed by atoms with Gasteiger partial charge in [-0.1, -0.05) is 12.1 Å². The Morgan fingerprint density at radius 1 is 1.29 bits per heavy atom. The molecule has 0 aliphatic rings. The molecule has 0 bridgehead atoms. The molecular weight excluding hydrogens is 216 g/mol. The Morgan fingerprint density at radius 2 is 2.00 bits per heavy atom. The van der Waals surface area contributed by atoms with Gasteiger partial charge in [0.25, 0.3) is 6.01 Å². The van der Waals surface area contributed by atoms with Gasteiger partial charge in [0.05, 0.1) is 12.8 Å². The Morgan fingerprint density at radius 3 is 2.53 bits per heavy atom. The fraction of sp³-hybridized carbons (Fsp3) is 0.308. The lowest BCUT2D eigenvalue weighted by molar-refractivity contribution is 0.414. The number of aryl methyl sites for hydroxylation is 1. The second-order valence-corrected chi connectivity index (χ2v) is 3.80. The van der Waals surface area contributed by atoms with Gasteiger partial charge < -0.3 is 14.5 Å². The Bertz CT molecular complexity index is 489. The minimum absolute atomic E-state index is 0.561. The van der Waals surface area contributed by atoms with Gasteiger partial charge in [-0.15, -0.1) is 0 Å². The Balaban J connectivity index is 2.16. The Labute approximate surface area is 101 Å². The summed E-state index contributed by atoms with van der Waals surface area (Å²) in [6.45, 7) is 1.92. The summed E-state index contributed by atoms with van der Waals surface area (Å²) in [5, 5.41) is 2.89. The van der Waals surface area contributed by atoms with Crippen LogP contribution in [0.1, 0.15) is 17.0 Å². The van der Waals surface area contributed by atoms with Gasteiger partial charge in [0, 0.05) is 13.5 Å². The predicted molar refractivity (Wildman–Crippen MR) is 66.6 cm³/mol. The third kappa shape index (κ3) is 2.58. The third-order valence-corrected chi connectivity index (χ3v) is 2.64. The molecule has 90 valence electrons. The van der Waals surface area contributed by atoms with Crippen LogP contribution in [0.3, 0.4) is 0 Å². The van der Waals surface area contributed by atoms with Crippen LogP contribution < -0.4 is 10.1 Å². The average molecular weight is 232 g/mol. The maximum atomic E-state index is 5.43. The summed E-state index contributed by atoms with van der Waals surface area (Å²) >= 11 is 0. The van der Waals surface area contributed by atoms with E-state index in [1.165, 1.54) is 5.56 Å². The molecule has 17 heavy (non-hydrogen) atoms. The van der Waals surface area contributed by atoms with E-state index in [4.69, 9.17) is 9.15 Å². The van der Waals surface area contributed by atoms with E-state index in [0.29, 0.717) is 6.01 Å². The first kappa shape index (κ1) is 11.5. The van der Waals surface area contributed by atoms with Crippen molar-refractivity contribution in [1.29, 1.82) is 0 Å². The van der Waals surface area contributed by atoms with Crippen molar-refractivity contribution < 1.29 is 9.15 Å². The van der Waals surface area contributed by atoms with Crippen molar-refractivity contribution in [2.75, 3.05) is 19.5 Å². The molecule has 4 nitrogen and oxygen atoms in total. The molecule has 0 saturated carbocycles. The van der Waals surface area contributed by atoms with Crippen LogP contribution in [0.15, 0.2) is 28.7 Å². The van der Waals surface area contributed by atoms with Crippen LogP contribution in [0.2, 0.25) is 0 Å². The van der Waals surface area contributed by atoms with E-state index < -0.39 is 0 Å². The number of methoxy groups -OCH3 is 1. The number of nitrogens with zero attached hydrogens (tertiary/aromatic N) is 1. The van der Waals surface area contributed by atoms with E-state index in [2.05, 4.69) is 10.3 Å². The molecule has 1 aromatic carbocycles. The predicted octanol–water partition coefficient (Wildman–Crippen LogP) is 2.62. The first-order valence-corrected chi connectivity index (χ1v) is 5.50. The molecule has 0 aliphatic carbocycles. The normalized spacial score (nSPS) is 10.3. The summed E-state index contributed by atoms with van der Waals surface area (Å²) < 4.78 is 10.6. The van der Waals surface area contributed by atoms with E-state index in [1.54, 1.807) is 14.2 Å². The van der Waals surface area contributed by atoms with Crippen LogP contribution in [0.4, 0.5) is 6.01 Å². The van der Waals surface area contributed by atoms with Crippen molar-refractivity contribution in [3.05, 3.63) is 41.3 Å². The number of rotatable bonds is 4. The fourth-order valence-corrected chi connectivity index (χ4v) is 1.64. The largest absolute Gasteiger partial charge is 0.497 e. The lowest BCUT2D eigenvalue weighted by Crippen LogP contribution is -1.92. The molecule has 0 spiro atoms. The van der Waals surface area contributed by atoms with Crippen molar-refractivity contribution in [3.63, 3.8) is 0 Å². The SMILES string of the molecule is CNc1nc(Cc2ccc(OC)cc2)c(C)o1. The molecule has 0 atom stereocenters. The molecule has 1 aromatic heterocycles. The van der Waals surface area contributed by atoms with Gasteiger partial charge in [-0.25, -0.2) is 0 Å². The zero-order valence-corrected chi connectivity index (χ0v) is 10.3. The van der Waals surface area contributed by atoms with Crippen molar-refractivity contribution >= 4 is 6.01 Å². The summed E-state index contributed by atoms with van der Waals surface area (Å²) in [5.41, 5.74) is 2.14. The molecule has 2 rings (SSSR count). The number of oxazole rings is 1. The van der Waals surface area contributed by atoms with Crippen molar-refractivity contribution in [1.82, 2.24) is 4.98 Å². The standard InChI is InChI=1S/C13H16N2O2/c1-9-12(15-13(14-2)17-9)8-10-4-6-11(16-3)7-5-10/h4-7H,8H2,1-3H3,(H,14,15). The van der Waals surface area contributed by atoms with Crippen LogP contribution in [-0.4, -0.2) is 19.1 Å². The van der Waals surface area contributed by atoms with Crippen LogP contribution in [0.5, 0.6) is 5.75 Å². The van der Waals surface area contributed by atoms with Gasteiger partial charge in [-0.2, -0.15) is 4.98 Å². The Hall–Kier alpha value is -1.97. The minimum Gasteiger partial charge on any atom is -0.497 e. The second kappa shape index (κ2) is 4.91. The van der Waals surface area contributed by atoms with Gasteiger partial charge in [0.1, 0.15) is 11.5 Å². The molecule has 2 aromatic rings. The maximum absolute atomic E-state index is 5.43. The summed E-state index contributed by atoms with van der Waals surface area (Å²) in [6, 6.07) is 8.52. The van der Waals surface area contributed by atoms with Crippen LogP contribution >= 0.6 is 0 Å². The number of hydrogen-bond donors (Lipinski definition) is 1. The van der Waals surface area contributed by atoms with E-state index in [1.807, 2.05) is 31.2 Å². The molecule has 0 fully saturated rings. The van der Waals surface area contributed by atoms with Crippen LogP contribution in [-0.2, 0) is 6.42 Å². The fourth-order valence-electron chi connectivity index (χ4n) is 1.64. The lowest BCUT2D eigenvalue weighted by Gasteiger charge is -2.01. The van der Waals surface area contributed by atoms with Crippen molar-refractivity contribution in [3.8, 4) is 5.75 Å². The number of hydrogen-bond acceptors (Lipinski definition) is 4. The highest BCUT2D eigenvalue weighted by Gasteiger charge is 2.08. The van der Waals surface area contributed by atoms with E-state index in [0.717, 1.165) is 23.6 Å². The molecule has 0 amide bonds. The van der Waals surface area contributed by atoms with Gasteiger partial charge in [0.2, 0.25) is 0 Å². The van der Waals surface area contributed by atoms with Crippen molar-refractivity contribution in [2.45, 2.75) is 13.3 Å². The summed E-state index contributed by atoms with van der Waals surface area (Å²) in [5.74, 6) is 1.71. The third-order valence-electron chi connectivity index (χ3n) is 2.64. The molecule has 0 saturated heterocycles. The average Bonchev–Trinajstić information content (AvgIpc) is 2.71. The summed E-state index contributed by atoms with van der Waals surface area (Å²) in [4.78, 5) is 4.36. The first-order valence-electron chi connectivity index (χ1n) is 5.50.